The first-order valence-corrected chi connectivity index (χ1v) is 8.26. The van der Waals surface area contributed by atoms with Crippen molar-refractivity contribution in [3.8, 4) is 0 Å². The van der Waals surface area contributed by atoms with Crippen molar-refractivity contribution in [1.29, 1.82) is 0 Å². The highest BCUT2D eigenvalue weighted by molar-refractivity contribution is 6.32. The number of benzene rings is 1. The van der Waals surface area contributed by atoms with Crippen LogP contribution < -0.4 is 5.32 Å². The predicted molar refractivity (Wildman–Crippen MR) is 98.7 cm³/mol. The largest absolute Gasteiger partial charge is 0.322 e. The molecule has 26 heavy (non-hydrogen) atoms. The smallest absolute Gasteiger partial charge is 0.289 e. The van der Waals surface area contributed by atoms with Crippen LogP contribution in [0.1, 0.15) is 35.9 Å². The molecule has 0 aliphatic carbocycles. The lowest BCUT2D eigenvalue weighted by atomic mass is 10.1. The number of nitrogens with zero attached hydrogens (tertiary/aromatic N) is 4. The number of carbonyl (C=O) groups is 1. The maximum absolute atomic E-state index is 12.6. The van der Waals surface area contributed by atoms with Gasteiger partial charge in [0.25, 0.3) is 11.6 Å². The van der Waals surface area contributed by atoms with E-state index in [0.29, 0.717) is 16.9 Å². The molecule has 0 fully saturated rings. The van der Waals surface area contributed by atoms with Gasteiger partial charge in [0, 0.05) is 23.2 Å². The highest BCUT2D eigenvalue weighted by Gasteiger charge is 2.18. The van der Waals surface area contributed by atoms with Gasteiger partial charge >= 0.3 is 0 Å². The van der Waals surface area contributed by atoms with Gasteiger partial charge in [-0.2, -0.15) is 5.10 Å². The van der Waals surface area contributed by atoms with Crippen molar-refractivity contribution in [2.75, 3.05) is 5.32 Å². The van der Waals surface area contributed by atoms with Gasteiger partial charge < -0.3 is 5.32 Å². The van der Waals surface area contributed by atoms with E-state index in [4.69, 9.17) is 11.6 Å². The number of aromatic nitrogens is 3. The van der Waals surface area contributed by atoms with Crippen LogP contribution in [-0.2, 0) is 0 Å². The topological polar surface area (TPSA) is 103 Å². The van der Waals surface area contributed by atoms with E-state index in [1.54, 1.807) is 23.9 Å². The van der Waals surface area contributed by atoms with E-state index < -0.39 is 10.8 Å². The minimum Gasteiger partial charge on any atom is -0.322 e. The molecule has 0 aliphatic heterocycles. The average molecular weight is 374 g/mol. The molecule has 0 radical (unpaired) electrons. The molecule has 9 heteroatoms. The van der Waals surface area contributed by atoms with Crippen molar-refractivity contribution in [3.63, 3.8) is 0 Å². The Kier molecular flexibility index (Phi) is 4.60. The second-order valence-electron chi connectivity index (χ2n) is 6.09. The maximum atomic E-state index is 12.6. The molecule has 0 unspecified atom stereocenters. The summed E-state index contributed by atoms with van der Waals surface area (Å²) in [5.74, 6) is -0.411. The molecule has 1 amide bonds. The number of amides is 1. The van der Waals surface area contributed by atoms with Gasteiger partial charge in [0.05, 0.1) is 22.4 Å². The van der Waals surface area contributed by atoms with Crippen LogP contribution in [0.15, 0.2) is 30.5 Å². The maximum Gasteiger partial charge on any atom is 0.289 e. The molecule has 0 bridgehead atoms. The third-order valence-electron chi connectivity index (χ3n) is 3.89. The molecule has 8 nitrogen and oxygen atoms in total. The van der Waals surface area contributed by atoms with E-state index in [9.17, 15) is 14.9 Å². The molecule has 1 aromatic carbocycles. The van der Waals surface area contributed by atoms with Gasteiger partial charge in [-0.05, 0) is 39.0 Å². The van der Waals surface area contributed by atoms with Crippen molar-refractivity contribution in [2.24, 2.45) is 0 Å². The van der Waals surface area contributed by atoms with Gasteiger partial charge in [-0.25, -0.2) is 9.67 Å². The van der Waals surface area contributed by atoms with Crippen molar-refractivity contribution in [3.05, 3.63) is 56.9 Å². The Morgan fingerprint density at radius 1 is 1.35 bits per heavy atom. The summed E-state index contributed by atoms with van der Waals surface area (Å²) in [6.45, 7) is 5.73. The number of hydrogen-bond donors (Lipinski definition) is 1. The molecule has 0 atom stereocenters. The van der Waals surface area contributed by atoms with Gasteiger partial charge in [0.2, 0.25) is 0 Å². The first-order valence-electron chi connectivity index (χ1n) is 7.88. The summed E-state index contributed by atoms with van der Waals surface area (Å²) in [6.07, 6.45) is 1.66. The third kappa shape index (κ3) is 3.23. The SMILES string of the molecule is Cc1nc2c(cnn2C(C)C)cc1C(=O)Nc1ccc(Cl)c([N+](=O)[O-])c1. The van der Waals surface area contributed by atoms with E-state index in [0.717, 1.165) is 5.39 Å². The summed E-state index contributed by atoms with van der Waals surface area (Å²) in [6, 6.07) is 5.96. The van der Waals surface area contributed by atoms with Crippen LogP contribution >= 0.6 is 11.6 Å². The van der Waals surface area contributed by atoms with Crippen LogP contribution in [0.3, 0.4) is 0 Å². The summed E-state index contributed by atoms with van der Waals surface area (Å²) >= 11 is 5.79. The fourth-order valence-electron chi connectivity index (χ4n) is 2.60. The lowest BCUT2D eigenvalue weighted by molar-refractivity contribution is -0.384. The molecule has 2 heterocycles. The van der Waals surface area contributed by atoms with Crippen LogP contribution in [0.2, 0.25) is 5.02 Å². The molecule has 3 aromatic rings. The number of nitrogens with one attached hydrogen (secondary N) is 1. The highest BCUT2D eigenvalue weighted by atomic mass is 35.5. The first kappa shape index (κ1) is 17.8. The lowest BCUT2D eigenvalue weighted by Crippen LogP contribution is -2.14. The summed E-state index contributed by atoms with van der Waals surface area (Å²) < 4.78 is 1.78. The molecule has 2 aromatic heterocycles. The highest BCUT2D eigenvalue weighted by Crippen LogP contribution is 2.28. The minimum absolute atomic E-state index is 0.00775. The van der Waals surface area contributed by atoms with Gasteiger partial charge in [-0.1, -0.05) is 11.6 Å². The Bertz CT molecular complexity index is 1030. The summed E-state index contributed by atoms with van der Waals surface area (Å²) in [5.41, 5.74) is 1.63. The first-order chi connectivity index (χ1) is 12.3. The molecule has 0 saturated heterocycles. The number of hydrogen-bond acceptors (Lipinski definition) is 5. The van der Waals surface area contributed by atoms with Crippen LogP contribution in [0.4, 0.5) is 11.4 Å². The second kappa shape index (κ2) is 6.72. The Hall–Kier alpha value is -3.00. The van der Waals surface area contributed by atoms with E-state index in [1.807, 2.05) is 13.8 Å². The van der Waals surface area contributed by atoms with Gasteiger partial charge in [-0.15, -0.1) is 0 Å². The number of pyridine rings is 1. The standard InChI is InChI=1S/C17H16ClN5O3/c1-9(2)22-16-11(8-19-22)6-13(10(3)20-16)17(24)21-12-4-5-14(18)15(7-12)23(25)26/h4-9H,1-3H3,(H,21,24). The lowest BCUT2D eigenvalue weighted by Gasteiger charge is -2.10. The van der Waals surface area contributed by atoms with Crippen molar-refractivity contribution >= 4 is 39.9 Å². The summed E-state index contributed by atoms with van der Waals surface area (Å²) in [4.78, 5) is 27.5. The van der Waals surface area contributed by atoms with E-state index in [2.05, 4.69) is 15.4 Å². The van der Waals surface area contributed by atoms with Crippen LogP contribution in [0, 0.1) is 17.0 Å². The van der Waals surface area contributed by atoms with Gasteiger partial charge in [0.15, 0.2) is 5.65 Å². The number of fused-ring (bicyclic) bond motifs is 1. The Morgan fingerprint density at radius 3 is 2.73 bits per heavy atom. The molecule has 0 spiro atoms. The van der Waals surface area contributed by atoms with E-state index in [1.165, 1.54) is 18.2 Å². The molecule has 0 saturated carbocycles. The number of nitro groups is 1. The number of aryl methyl sites for hydroxylation is 1. The van der Waals surface area contributed by atoms with E-state index >= 15 is 0 Å². The Labute approximate surface area is 153 Å². The minimum atomic E-state index is -0.600. The average Bonchev–Trinajstić information content (AvgIpc) is 2.98. The molecule has 1 N–H and O–H groups in total. The van der Waals surface area contributed by atoms with Crippen LogP contribution in [0.5, 0.6) is 0 Å². The Balaban J connectivity index is 1.94. The summed E-state index contributed by atoms with van der Waals surface area (Å²) in [5, 5.41) is 18.7. The number of halogens is 1. The van der Waals surface area contributed by atoms with Crippen LogP contribution in [0.25, 0.3) is 11.0 Å². The zero-order valence-corrected chi connectivity index (χ0v) is 15.1. The number of anilines is 1. The quantitative estimate of drug-likeness (QED) is 0.547. The Morgan fingerprint density at radius 2 is 2.08 bits per heavy atom. The fourth-order valence-corrected chi connectivity index (χ4v) is 2.79. The monoisotopic (exact) mass is 373 g/mol. The molecule has 134 valence electrons. The molecule has 0 aliphatic rings. The fraction of sp³-hybridized carbons (Fsp3) is 0.235. The van der Waals surface area contributed by atoms with Crippen molar-refractivity contribution in [2.45, 2.75) is 26.8 Å². The number of nitro benzene ring substituents is 1. The number of carbonyl (C=O) groups excluding carboxylic acids is 1. The van der Waals surface area contributed by atoms with Gasteiger partial charge in [0.1, 0.15) is 5.02 Å². The molecular weight excluding hydrogens is 358 g/mol. The van der Waals surface area contributed by atoms with Crippen molar-refractivity contribution < 1.29 is 9.72 Å². The summed E-state index contributed by atoms with van der Waals surface area (Å²) in [7, 11) is 0. The molecule has 3 rings (SSSR count). The van der Waals surface area contributed by atoms with Crippen molar-refractivity contribution in [1.82, 2.24) is 14.8 Å². The zero-order chi connectivity index (χ0) is 19.0. The zero-order valence-electron chi connectivity index (χ0n) is 14.4. The number of rotatable bonds is 4. The van der Waals surface area contributed by atoms with E-state index in [-0.39, 0.29) is 22.4 Å². The second-order valence-corrected chi connectivity index (χ2v) is 6.50. The van der Waals surface area contributed by atoms with Crippen LogP contribution in [-0.4, -0.2) is 25.6 Å². The third-order valence-corrected chi connectivity index (χ3v) is 4.21. The predicted octanol–water partition coefficient (Wildman–Crippen LogP) is 4.13. The van der Waals surface area contributed by atoms with Gasteiger partial charge in [-0.3, -0.25) is 14.9 Å². The normalized spacial score (nSPS) is 11.1. The molecular formula is C17H16ClN5O3.